The fraction of sp³-hybridized carbons (Fsp3) is 0.571. The predicted molar refractivity (Wildman–Crippen MR) is 78.2 cm³/mol. The molecule has 1 amide bonds. The Kier molecular flexibility index (Phi) is 5.76. The van der Waals surface area contributed by atoms with Gasteiger partial charge >= 0.3 is 0 Å². The van der Waals surface area contributed by atoms with Gasteiger partial charge in [-0.1, -0.05) is 19.9 Å². The van der Waals surface area contributed by atoms with Crippen LogP contribution in [0.4, 0.5) is 5.82 Å². The van der Waals surface area contributed by atoms with Gasteiger partial charge in [-0.15, -0.1) is 0 Å². The second kappa shape index (κ2) is 7.09. The zero-order valence-corrected chi connectivity index (χ0v) is 12.5. The molecule has 0 spiro atoms. The average molecular weight is 264 g/mol. The lowest BCUT2D eigenvalue weighted by molar-refractivity contribution is -0.127. The molecule has 0 saturated carbocycles. The minimum atomic E-state index is 0.0657. The number of nitrogens with one attached hydrogen (secondary N) is 1. The van der Waals surface area contributed by atoms with Crippen molar-refractivity contribution in [1.29, 1.82) is 0 Å². The molecule has 0 aliphatic rings. The van der Waals surface area contributed by atoms with Gasteiger partial charge in [0.1, 0.15) is 5.82 Å². The van der Waals surface area contributed by atoms with Crippen LogP contribution in [-0.2, 0) is 11.3 Å². The van der Waals surface area contributed by atoms with E-state index >= 15 is 0 Å². The highest BCUT2D eigenvalue weighted by atomic mass is 16.2. The maximum atomic E-state index is 11.7. The number of nitrogens with zero attached hydrogens (tertiary/aromatic N) is 3. The Bertz CT molecular complexity index is 418. The molecule has 5 nitrogen and oxygen atoms in total. The zero-order valence-electron chi connectivity index (χ0n) is 12.5. The van der Waals surface area contributed by atoms with Crippen LogP contribution in [-0.4, -0.2) is 49.5 Å². The molecule has 1 rings (SSSR count). The fourth-order valence-corrected chi connectivity index (χ4v) is 1.65. The van der Waals surface area contributed by atoms with Crippen LogP contribution in [0.3, 0.4) is 0 Å². The number of pyridine rings is 1. The van der Waals surface area contributed by atoms with Crippen molar-refractivity contribution in [1.82, 2.24) is 15.2 Å². The van der Waals surface area contributed by atoms with E-state index in [-0.39, 0.29) is 5.91 Å². The van der Waals surface area contributed by atoms with Gasteiger partial charge in [-0.3, -0.25) is 4.79 Å². The van der Waals surface area contributed by atoms with Crippen LogP contribution < -0.4 is 10.2 Å². The van der Waals surface area contributed by atoms with E-state index in [4.69, 9.17) is 0 Å². The third-order valence-electron chi connectivity index (χ3n) is 2.80. The van der Waals surface area contributed by atoms with Crippen molar-refractivity contribution < 1.29 is 4.79 Å². The Morgan fingerprint density at radius 3 is 2.63 bits per heavy atom. The first-order valence-corrected chi connectivity index (χ1v) is 6.50. The molecule has 0 aliphatic heterocycles. The van der Waals surface area contributed by atoms with Gasteiger partial charge in [0.05, 0.1) is 6.54 Å². The monoisotopic (exact) mass is 264 g/mol. The van der Waals surface area contributed by atoms with Crippen LogP contribution >= 0.6 is 0 Å². The summed E-state index contributed by atoms with van der Waals surface area (Å²) in [4.78, 5) is 19.6. The number of amides is 1. The summed E-state index contributed by atoms with van der Waals surface area (Å²) in [6.07, 6.45) is 1.75. The molecule has 0 aliphatic carbocycles. The Hall–Kier alpha value is -1.62. The zero-order chi connectivity index (χ0) is 14.4. The molecule has 0 unspecified atom stereocenters. The highest BCUT2D eigenvalue weighted by molar-refractivity contribution is 5.80. The van der Waals surface area contributed by atoms with E-state index in [0.717, 1.165) is 17.9 Å². The van der Waals surface area contributed by atoms with E-state index in [0.29, 0.717) is 12.6 Å². The first kappa shape index (κ1) is 15.4. The lowest BCUT2D eigenvalue weighted by Crippen LogP contribution is -2.35. The number of hydrogen-bond acceptors (Lipinski definition) is 4. The molecule has 0 saturated heterocycles. The molecule has 19 heavy (non-hydrogen) atoms. The Morgan fingerprint density at radius 2 is 2.05 bits per heavy atom. The highest BCUT2D eigenvalue weighted by Crippen LogP contribution is 2.15. The van der Waals surface area contributed by atoms with Crippen LogP contribution in [0.1, 0.15) is 19.4 Å². The van der Waals surface area contributed by atoms with Gasteiger partial charge in [-0.05, 0) is 6.07 Å². The molecule has 1 aromatic rings. The van der Waals surface area contributed by atoms with E-state index in [1.807, 2.05) is 24.1 Å². The SMILES string of the molecule is CC(C)NCc1cccnc1N(C)CC(=O)N(C)C. The van der Waals surface area contributed by atoms with Crippen LogP contribution in [0, 0.1) is 0 Å². The van der Waals surface area contributed by atoms with Gasteiger partial charge in [0.15, 0.2) is 0 Å². The van der Waals surface area contributed by atoms with Crippen molar-refractivity contribution in [3.8, 4) is 0 Å². The van der Waals surface area contributed by atoms with Crippen molar-refractivity contribution in [3.05, 3.63) is 23.9 Å². The summed E-state index contributed by atoms with van der Waals surface area (Å²) in [5.74, 6) is 0.918. The third-order valence-corrected chi connectivity index (χ3v) is 2.80. The highest BCUT2D eigenvalue weighted by Gasteiger charge is 2.13. The van der Waals surface area contributed by atoms with E-state index in [9.17, 15) is 4.79 Å². The summed E-state index contributed by atoms with van der Waals surface area (Å²) in [5, 5.41) is 3.37. The fourth-order valence-electron chi connectivity index (χ4n) is 1.65. The van der Waals surface area contributed by atoms with Crippen LogP contribution in [0.25, 0.3) is 0 Å². The van der Waals surface area contributed by atoms with E-state index in [1.54, 1.807) is 25.2 Å². The number of anilines is 1. The molecule has 0 fully saturated rings. The average Bonchev–Trinajstić information content (AvgIpc) is 2.36. The van der Waals surface area contributed by atoms with Gasteiger partial charge in [0.2, 0.25) is 5.91 Å². The molecule has 0 atom stereocenters. The quantitative estimate of drug-likeness (QED) is 0.836. The lowest BCUT2D eigenvalue weighted by Gasteiger charge is -2.22. The maximum Gasteiger partial charge on any atom is 0.241 e. The summed E-state index contributed by atoms with van der Waals surface area (Å²) >= 11 is 0. The largest absolute Gasteiger partial charge is 0.350 e. The van der Waals surface area contributed by atoms with Crippen molar-refractivity contribution in [2.24, 2.45) is 0 Å². The van der Waals surface area contributed by atoms with Crippen molar-refractivity contribution in [3.63, 3.8) is 0 Å². The number of aromatic nitrogens is 1. The smallest absolute Gasteiger partial charge is 0.241 e. The maximum absolute atomic E-state index is 11.7. The molecular weight excluding hydrogens is 240 g/mol. The summed E-state index contributed by atoms with van der Waals surface area (Å²) in [5.41, 5.74) is 1.10. The summed E-state index contributed by atoms with van der Waals surface area (Å²) in [6.45, 7) is 5.30. The molecule has 0 bridgehead atoms. The van der Waals surface area contributed by atoms with Crippen LogP contribution in [0.5, 0.6) is 0 Å². The van der Waals surface area contributed by atoms with E-state index in [2.05, 4.69) is 24.1 Å². The molecule has 0 aromatic carbocycles. The second-order valence-electron chi connectivity index (χ2n) is 5.17. The van der Waals surface area contributed by atoms with Gasteiger partial charge in [-0.25, -0.2) is 4.98 Å². The molecule has 5 heteroatoms. The predicted octanol–water partition coefficient (Wildman–Crippen LogP) is 1.10. The third kappa shape index (κ3) is 4.87. The molecule has 1 aromatic heterocycles. The molecular formula is C14H24N4O. The number of carbonyl (C=O) groups is 1. The van der Waals surface area contributed by atoms with Gasteiger partial charge in [0.25, 0.3) is 0 Å². The minimum Gasteiger partial charge on any atom is -0.350 e. The van der Waals surface area contributed by atoms with Gasteiger partial charge < -0.3 is 15.1 Å². The van der Waals surface area contributed by atoms with Gasteiger partial charge in [-0.2, -0.15) is 0 Å². The first-order chi connectivity index (χ1) is 8.91. The second-order valence-corrected chi connectivity index (χ2v) is 5.17. The Morgan fingerprint density at radius 1 is 1.37 bits per heavy atom. The van der Waals surface area contributed by atoms with Crippen molar-refractivity contribution in [2.75, 3.05) is 32.6 Å². The molecule has 0 radical (unpaired) electrons. The van der Waals surface area contributed by atoms with Crippen molar-refractivity contribution >= 4 is 11.7 Å². The molecule has 106 valence electrons. The Balaban J connectivity index is 2.78. The number of rotatable bonds is 6. The van der Waals surface area contributed by atoms with E-state index < -0.39 is 0 Å². The summed E-state index contributed by atoms with van der Waals surface area (Å²) in [7, 11) is 5.41. The first-order valence-electron chi connectivity index (χ1n) is 6.50. The van der Waals surface area contributed by atoms with E-state index in [1.165, 1.54) is 0 Å². The lowest BCUT2D eigenvalue weighted by atomic mass is 10.2. The Labute approximate surface area is 115 Å². The van der Waals surface area contributed by atoms with Gasteiger partial charge in [0, 0.05) is 45.5 Å². The standard InChI is InChI=1S/C14H24N4O/c1-11(2)16-9-12-7-6-8-15-14(12)18(5)10-13(19)17(3)4/h6-8,11,16H,9-10H2,1-5H3. The summed E-state index contributed by atoms with van der Waals surface area (Å²) < 4.78 is 0. The molecule has 1 N–H and O–H groups in total. The van der Waals surface area contributed by atoms with Crippen LogP contribution in [0.15, 0.2) is 18.3 Å². The van der Waals surface area contributed by atoms with Crippen molar-refractivity contribution in [2.45, 2.75) is 26.4 Å². The minimum absolute atomic E-state index is 0.0657. The topological polar surface area (TPSA) is 48.5 Å². The number of carbonyl (C=O) groups excluding carboxylic acids is 1. The summed E-state index contributed by atoms with van der Waals surface area (Å²) in [6, 6.07) is 4.37. The molecule has 1 heterocycles. The number of likely N-dealkylation sites (N-methyl/N-ethyl adjacent to an activating group) is 2. The normalized spacial score (nSPS) is 10.6. The number of hydrogen-bond donors (Lipinski definition) is 1. The van der Waals surface area contributed by atoms with Crippen LogP contribution in [0.2, 0.25) is 0 Å².